The van der Waals surface area contributed by atoms with Gasteiger partial charge in [-0.25, -0.2) is 4.98 Å². The summed E-state index contributed by atoms with van der Waals surface area (Å²) >= 11 is 3.13. The van der Waals surface area contributed by atoms with Crippen molar-refractivity contribution in [2.45, 2.75) is 26.4 Å². The highest BCUT2D eigenvalue weighted by Crippen LogP contribution is 2.25. The van der Waals surface area contributed by atoms with Gasteiger partial charge in [0.1, 0.15) is 13.1 Å². The van der Waals surface area contributed by atoms with Crippen molar-refractivity contribution in [1.29, 1.82) is 0 Å². The van der Waals surface area contributed by atoms with E-state index in [1.54, 1.807) is 16.2 Å². The number of nitrogens with one attached hydrogen (secondary N) is 2. The summed E-state index contributed by atoms with van der Waals surface area (Å²) in [7, 11) is 0. The van der Waals surface area contributed by atoms with Gasteiger partial charge in [-0.15, -0.1) is 11.3 Å². The first-order chi connectivity index (χ1) is 12.2. The number of aromatic nitrogens is 1. The van der Waals surface area contributed by atoms with Crippen molar-refractivity contribution in [3.05, 3.63) is 68.4 Å². The number of quaternary nitrogens is 1. The largest absolute Gasteiger partial charge is 0.326 e. The molecule has 0 spiro atoms. The van der Waals surface area contributed by atoms with Crippen LogP contribution in [0.2, 0.25) is 0 Å². The third-order valence-corrected chi connectivity index (χ3v) is 6.40. The molecule has 1 aliphatic heterocycles. The monoisotopic (exact) mass is 370 g/mol. The summed E-state index contributed by atoms with van der Waals surface area (Å²) in [6.45, 7) is 5.11. The van der Waals surface area contributed by atoms with Crippen LogP contribution in [0.5, 0.6) is 0 Å². The first-order valence-electron chi connectivity index (χ1n) is 8.41. The SMILES string of the molecule is Cc1ccc(C(=O)Nc2nc3c(s2)C[NH+](Cc2ccccc2)CC3)s1. The number of nitrogens with zero attached hydrogens (tertiary/aromatic N) is 1. The van der Waals surface area contributed by atoms with Crippen molar-refractivity contribution in [2.24, 2.45) is 0 Å². The van der Waals surface area contributed by atoms with Crippen molar-refractivity contribution >= 4 is 33.7 Å². The van der Waals surface area contributed by atoms with Crippen LogP contribution in [0.15, 0.2) is 42.5 Å². The van der Waals surface area contributed by atoms with E-state index in [9.17, 15) is 4.79 Å². The molecule has 0 fully saturated rings. The highest BCUT2D eigenvalue weighted by molar-refractivity contribution is 7.16. The summed E-state index contributed by atoms with van der Waals surface area (Å²) in [5, 5.41) is 3.69. The van der Waals surface area contributed by atoms with E-state index in [4.69, 9.17) is 0 Å². The molecule has 1 atom stereocenters. The van der Waals surface area contributed by atoms with E-state index in [1.165, 1.54) is 21.8 Å². The lowest BCUT2D eigenvalue weighted by molar-refractivity contribution is -0.929. The van der Waals surface area contributed by atoms with Crippen LogP contribution in [0.4, 0.5) is 5.13 Å². The summed E-state index contributed by atoms with van der Waals surface area (Å²) in [5.74, 6) is -0.0577. The van der Waals surface area contributed by atoms with Crippen LogP contribution < -0.4 is 10.2 Å². The Morgan fingerprint density at radius 3 is 2.80 bits per heavy atom. The Balaban J connectivity index is 1.43. The summed E-state index contributed by atoms with van der Waals surface area (Å²) < 4.78 is 0. The lowest BCUT2D eigenvalue weighted by Gasteiger charge is -2.22. The number of benzene rings is 1. The van der Waals surface area contributed by atoms with Crippen LogP contribution in [0.3, 0.4) is 0 Å². The summed E-state index contributed by atoms with van der Waals surface area (Å²) in [4.78, 5) is 21.7. The molecular weight excluding hydrogens is 350 g/mol. The topological polar surface area (TPSA) is 46.4 Å². The Hall–Kier alpha value is -2.02. The Morgan fingerprint density at radius 2 is 2.04 bits per heavy atom. The standard InChI is InChI=1S/C19H19N3OS2/c1-13-7-8-16(24-13)18(23)21-19-20-15-9-10-22(12-17(15)25-19)11-14-5-3-2-4-6-14/h2-8H,9-12H2,1H3,(H,20,21,23)/p+1. The van der Waals surface area contributed by atoms with E-state index in [0.29, 0.717) is 0 Å². The normalized spacial score (nSPS) is 16.4. The maximum Gasteiger partial charge on any atom is 0.267 e. The van der Waals surface area contributed by atoms with E-state index >= 15 is 0 Å². The molecule has 3 aromatic rings. The van der Waals surface area contributed by atoms with Crippen molar-refractivity contribution in [3.8, 4) is 0 Å². The molecule has 1 unspecified atom stereocenters. The number of carbonyl (C=O) groups excluding carboxylic acids is 1. The molecule has 1 amide bonds. The van der Waals surface area contributed by atoms with E-state index in [2.05, 4.69) is 40.6 Å². The maximum absolute atomic E-state index is 12.3. The molecule has 0 saturated heterocycles. The van der Waals surface area contributed by atoms with Gasteiger partial charge in [0.2, 0.25) is 0 Å². The second-order valence-electron chi connectivity index (χ2n) is 6.34. The first-order valence-corrected chi connectivity index (χ1v) is 10.0. The molecule has 0 aliphatic carbocycles. The lowest BCUT2D eigenvalue weighted by Crippen LogP contribution is -3.10. The number of thiazole rings is 1. The third kappa shape index (κ3) is 3.81. The number of fused-ring (bicyclic) bond motifs is 1. The zero-order chi connectivity index (χ0) is 17.2. The fourth-order valence-corrected chi connectivity index (χ4v) is 4.97. The molecule has 0 saturated carbocycles. The van der Waals surface area contributed by atoms with E-state index in [-0.39, 0.29) is 5.91 Å². The number of hydrogen-bond acceptors (Lipinski definition) is 4. The molecular formula is C19H20N3OS2+. The molecule has 1 aliphatic rings. The van der Waals surface area contributed by atoms with Gasteiger partial charge in [0.25, 0.3) is 5.91 Å². The van der Waals surface area contributed by atoms with E-state index in [1.807, 2.05) is 19.1 Å². The second-order valence-corrected chi connectivity index (χ2v) is 8.71. The molecule has 25 heavy (non-hydrogen) atoms. The molecule has 0 bridgehead atoms. The predicted octanol–water partition coefficient (Wildman–Crippen LogP) is 2.91. The molecule has 0 radical (unpaired) electrons. The van der Waals surface area contributed by atoms with Crippen molar-refractivity contribution in [3.63, 3.8) is 0 Å². The number of anilines is 1. The van der Waals surface area contributed by atoms with Crippen LogP contribution in [0.1, 0.15) is 30.7 Å². The van der Waals surface area contributed by atoms with Crippen molar-refractivity contribution in [1.82, 2.24) is 4.98 Å². The van der Waals surface area contributed by atoms with Crippen LogP contribution >= 0.6 is 22.7 Å². The molecule has 2 aromatic heterocycles. The van der Waals surface area contributed by atoms with Crippen LogP contribution in [0.25, 0.3) is 0 Å². The first kappa shape index (κ1) is 16.4. The fourth-order valence-electron chi connectivity index (χ4n) is 3.13. The fraction of sp³-hybridized carbons (Fsp3) is 0.263. The maximum atomic E-state index is 12.3. The Bertz CT molecular complexity index is 885. The Labute approximate surface area is 155 Å². The predicted molar refractivity (Wildman–Crippen MR) is 103 cm³/mol. The highest BCUT2D eigenvalue weighted by Gasteiger charge is 2.24. The molecule has 128 valence electrons. The number of rotatable bonds is 4. The van der Waals surface area contributed by atoms with Gasteiger partial charge >= 0.3 is 0 Å². The van der Waals surface area contributed by atoms with Crippen LogP contribution in [0, 0.1) is 6.92 Å². The second kappa shape index (κ2) is 7.07. The van der Waals surface area contributed by atoms with Gasteiger partial charge in [0.15, 0.2) is 5.13 Å². The summed E-state index contributed by atoms with van der Waals surface area (Å²) in [5.41, 5.74) is 2.52. The molecule has 2 N–H and O–H groups in total. The molecule has 1 aromatic carbocycles. The van der Waals surface area contributed by atoms with Gasteiger partial charge in [-0.3, -0.25) is 10.1 Å². The minimum Gasteiger partial charge on any atom is -0.326 e. The Kier molecular flexibility index (Phi) is 4.65. The van der Waals surface area contributed by atoms with Crippen LogP contribution in [-0.4, -0.2) is 17.4 Å². The zero-order valence-electron chi connectivity index (χ0n) is 14.0. The van der Waals surface area contributed by atoms with Gasteiger partial charge in [-0.1, -0.05) is 41.7 Å². The van der Waals surface area contributed by atoms with E-state index in [0.717, 1.165) is 46.6 Å². The molecule has 6 heteroatoms. The average molecular weight is 371 g/mol. The lowest BCUT2D eigenvalue weighted by atomic mass is 10.1. The van der Waals surface area contributed by atoms with Crippen molar-refractivity contribution < 1.29 is 9.69 Å². The summed E-state index contributed by atoms with van der Waals surface area (Å²) in [6, 6.07) is 14.5. The van der Waals surface area contributed by atoms with Gasteiger partial charge < -0.3 is 4.90 Å². The Morgan fingerprint density at radius 1 is 1.20 bits per heavy atom. The number of hydrogen-bond donors (Lipinski definition) is 2. The van der Waals surface area contributed by atoms with Crippen molar-refractivity contribution in [2.75, 3.05) is 11.9 Å². The smallest absolute Gasteiger partial charge is 0.267 e. The highest BCUT2D eigenvalue weighted by atomic mass is 32.1. The molecule has 4 rings (SSSR count). The van der Waals surface area contributed by atoms with Gasteiger partial charge in [0, 0.05) is 16.9 Å². The number of thiophene rings is 1. The molecule has 3 heterocycles. The van der Waals surface area contributed by atoms with E-state index < -0.39 is 0 Å². The van der Waals surface area contributed by atoms with Gasteiger partial charge in [-0.2, -0.15) is 0 Å². The minimum absolute atomic E-state index is 0.0577. The molecule has 4 nitrogen and oxygen atoms in total. The number of amides is 1. The van der Waals surface area contributed by atoms with Gasteiger partial charge in [0.05, 0.1) is 22.0 Å². The third-order valence-electron chi connectivity index (χ3n) is 4.39. The quantitative estimate of drug-likeness (QED) is 0.742. The number of carbonyl (C=O) groups is 1. The summed E-state index contributed by atoms with van der Waals surface area (Å²) in [6.07, 6.45) is 0.974. The van der Waals surface area contributed by atoms with Crippen LogP contribution in [-0.2, 0) is 19.5 Å². The van der Waals surface area contributed by atoms with Gasteiger partial charge in [-0.05, 0) is 19.1 Å². The zero-order valence-corrected chi connectivity index (χ0v) is 15.7. The number of aryl methyl sites for hydroxylation is 1. The minimum atomic E-state index is -0.0577. The average Bonchev–Trinajstić information content (AvgIpc) is 3.21.